The zero-order valence-electron chi connectivity index (χ0n) is 8.58. The second-order valence-corrected chi connectivity index (χ2v) is 3.29. The fraction of sp³-hybridized carbons (Fsp3) is 0.778. The Kier molecular flexibility index (Phi) is 4.03. The number of ether oxygens (including phenoxy) is 1. The molecule has 2 amide bonds. The van der Waals surface area contributed by atoms with E-state index < -0.39 is 0 Å². The molecule has 1 atom stereocenters. The zero-order valence-corrected chi connectivity index (χ0v) is 8.58. The normalized spacial score (nSPS) is 22.6. The quantitative estimate of drug-likeness (QED) is 0.501. The van der Waals surface area contributed by atoms with E-state index in [0.29, 0.717) is 19.6 Å². The van der Waals surface area contributed by atoms with E-state index in [2.05, 4.69) is 5.32 Å². The van der Waals surface area contributed by atoms with E-state index in [4.69, 9.17) is 4.74 Å². The van der Waals surface area contributed by atoms with Crippen LogP contribution in [0.3, 0.4) is 0 Å². The standard InChI is InChI=1S/C9H16N2O3/c1-3-11(6-14-2)7-4-5-8(12)10-9(7)13/h7H,3-6H2,1-2H3,(H,10,12,13). The van der Waals surface area contributed by atoms with Gasteiger partial charge in [0, 0.05) is 13.5 Å². The highest BCUT2D eigenvalue weighted by atomic mass is 16.5. The molecule has 1 fully saturated rings. The van der Waals surface area contributed by atoms with Gasteiger partial charge in [-0.3, -0.25) is 19.8 Å². The fourth-order valence-electron chi connectivity index (χ4n) is 1.60. The summed E-state index contributed by atoms with van der Waals surface area (Å²) in [5.74, 6) is -0.389. The number of likely N-dealkylation sites (N-methyl/N-ethyl adjacent to an activating group) is 1. The number of carbonyl (C=O) groups excluding carboxylic acids is 2. The number of nitrogens with one attached hydrogen (secondary N) is 1. The molecular weight excluding hydrogens is 184 g/mol. The number of carbonyl (C=O) groups is 2. The summed E-state index contributed by atoms with van der Waals surface area (Å²) in [6, 6.07) is -0.224. The molecule has 0 aromatic carbocycles. The number of rotatable bonds is 4. The first kappa shape index (κ1) is 11.1. The van der Waals surface area contributed by atoms with Crippen molar-refractivity contribution in [2.24, 2.45) is 0 Å². The number of piperidine rings is 1. The van der Waals surface area contributed by atoms with Gasteiger partial charge in [-0.2, -0.15) is 0 Å². The summed E-state index contributed by atoms with van der Waals surface area (Å²) in [7, 11) is 1.59. The molecule has 1 aliphatic rings. The molecule has 14 heavy (non-hydrogen) atoms. The Hall–Kier alpha value is -0.940. The molecule has 1 unspecified atom stereocenters. The number of nitrogens with zero attached hydrogens (tertiary/aromatic N) is 1. The van der Waals surface area contributed by atoms with Crippen molar-refractivity contribution in [3.8, 4) is 0 Å². The first-order chi connectivity index (χ1) is 6.69. The molecule has 1 aliphatic heterocycles. The van der Waals surface area contributed by atoms with Crippen molar-refractivity contribution in [1.82, 2.24) is 10.2 Å². The van der Waals surface area contributed by atoms with Crippen LogP contribution in [0.15, 0.2) is 0 Å². The minimum absolute atomic E-state index is 0.181. The van der Waals surface area contributed by atoms with E-state index in [-0.39, 0.29) is 17.9 Å². The van der Waals surface area contributed by atoms with E-state index in [1.165, 1.54) is 0 Å². The topological polar surface area (TPSA) is 58.6 Å². The van der Waals surface area contributed by atoms with Gasteiger partial charge in [0.1, 0.15) is 0 Å². The first-order valence-corrected chi connectivity index (χ1v) is 4.75. The molecule has 0 saturated carbocycles. The van der Waals surface area contributed by atoms with Gasteiger partial charge >= 0.3 is 0 Å². The van der Waals surface area contributed by atoms with Gasteiger partial charge in [-0.15, -0.1) is 0 Å². The van der Waals surface area contributed by atoms with Gasteiger partial charge in [-0.25, -0.2) is 0 Å². The van der Waals surface area contributed by atoms with Gasteiger partial charge in [-0.1, -0.05) is 6.92 Å². The van der Waals surface area contributed by atoms with Crippen LogP contribution in [0.1, 0.15) is 19.8 Å². The summed E-state index contributed by atoms with van der Waals surface area (Å²) in [6.45, 7) is 3.12. The molecule has 0 bridgehead atoms. The summed E-state index contributed by atoms with van der Waals surface area (Å²) in [6.07, 6.45) is 0.998. The molecule has 0 spiro atoms. The molecule has 0 aliphatic carbocycles. The van der Waals surface area contributed by atoms with Crippen LogP contribution in [0.4, 0.5) is 0 Å². The Labute approximate surface area is 83.4 Å². The molecule has 1 rings (SSSR count). The summed E-state index contributed by atoms with van der Waals surface area (Å²) < 4.78 is 4.98. The first-order valence-electron chi connectivity index (χ1n) is 4.75. The third kappa shape index (κ3) is 2.52. The predicted molar refractivity (Wildman–Crippen MR) is 50.4 cm³/mol. The van der Waals surface area contributed by atoms with Crippen LogP contribution < -0.4 is 5.32 Å². The van der Waals surface area contributed by atoms with E-state index in [9.17, 15) is 9.59 Å². The monoisotopic (exact) mass is 200 g/mol. The number of hydrogen-bond donors (Lipinski definition) is 1. The highest BCUT2D eigenvalue weighted by Gasteiger charge is 2.30. The molecule has 5 nitrogen and oxygen atoms in total. The van der Waals surface area contributed by atoms with Crippen LogP contribution >= 0.6 is 0 Å². The predicted octanol–water partition coefficient (Wildman–Crippen LogP) is -0.283. The summed E-state index contributed by atoms with van der Waals surface area (Å²) in [4.78, 5) is 24.3. The average molecular weight is 200 g/mol. The Morgan fingerprint density at radius 2 is 2.29 bits per heavy atom. The molecular formula is C9H16N2O3. The van der Waals surface area contributed by atoms with Crippen molar-refractivity contribution < 1.29 is 14.3 Å². The maximum absolute atomic E-state index is 11.5. The molecule has 1 saturated heterocycles. The SMILES string of the molecule is CCN(COC)C1CCC(=O)NC1=O. The Morgan fingerprint density at radius 3 is 2.79 bits per heavy atom. The van der Waals surface area contributed by atoms with Crippen molar-refractivity contribution in [2.45, 2.75) is 25.8 Å². The summed E-state index contributed by atoms with van der Waals surface area (Å²) >= 11 is 0. The highest BCUT2D eigenvalue weighted by Crippen LogP contribution is 2.11. The van der Waals surface area contributed by atoms with Crippen LogP contribution in [0, 0.1) is 0 Å². The van der Waals surface area contributed by atoms with Gasteiger partial charge in [0.25, 0.3) is 0 Å². The minimum atomic E-state index is -0.224. The fourth-order valence-corrected chi connectivity index (χ4v) is 1.60. The largest absolute Gasteiger partial charge is 0.369 e. The number of methoxy groups -OCH3 is 1. The van der Waals surface area contributed by atoms with Crippen LogP contribution in [0.25, 0.3) is 0 Å². The lowest BCUT2D eigenvalue weighted by Gasteiger charge is -2.31. The average Bonchev–Trinajstić information content (AvgIpc) is 2.15. The maximum atomic E-state index is 11.5. The van der Waals surface area contributed by atoms with Crippen molar-refractivity contribution >= 4 is 11.8 Å². The second kappa shape index (κ2) is 5.07. The lowest BCUT2D eigenvalue weighted by Crippen LogP contribution is -2.52. The van der Waals surface area contributed by atoms with E-state index >= 15 is 0 Å². The van der Waals surface area contributed by atoms with Gasteiger partial charge in [0.15, 0.2) is 0 Å². The maximum Gasteiger partial charge on any atom is 0.243 e. The molecule has 0 aromatic heterocycles. The number of imide groups is 1. The molecule has 1 heterocycles. The van der Waals surface area contributed by atoms with Gasteiger partial charge in [0.05, 0.1) is 12.8 Å². The minimum Gasteiger partial charge on any atom is -0.369 e. The van der Waals surface area contributed by atoms with Crippen molar-refractivity contribution in [1.29, 1.82) is 0 Å². The number of hydrogen-bond acceptors (Lipinski definition) is 4. The second-order valence-electron chi connectivity index (χ2n) is 3.29. The van der Waals surface area contributed by atoms with Crippen LogP contribution in [0.2, 0.25) is 0 Å². The third-order valence-corrected chi connectivity index (χ3v) is 2.35. The Morgan fingerprint density at radius 1 is 1.57 bits per heavy atom. The lowest BCUT2D eigenvalue weighted by atomic mass is 10.1. The Balaban J connectivity index is 2.57. The van der Waals surface area contributed by atoms with Crippen molar-refractivity contribution in [3.05, 3.63) is 0 Å². The molecule has 1 N–H and O–H groups in total. The van der Waals surface area contributed by atoms with Crippen LogP contribution in [-0.2, 0) is 14.3 Å². The summed E-state index contributed by atoms with van der Waals surface area (Å²) in [5.41, 5.74) is 0. The molecule has 0 radical (unpaired) electrons. The smallest absolute Gasteiger partial charge is 0.243 e. The summed E-state index contributed by atoms with van der Waals surface area (Å²) in [5, 5.41) is 2.33. The molecule has 0 aromatic rings. The van der Waals surface area contributed by atoms with E-state index in [0.717, 1.165) is 6.54 Å². The lowest BCUT2D eigenvalue weighted by molar-refractivity contribution is -0.139. The van der Waals surface area contributed by atoms with E-state index in [1.807, 2.05) is 11.8 Å². The molecule has 80 valence electrons. The van der Waals surface area contributed by atoms with E-state index in [1.54, 1.807) is 7.11 Å². The van der Waals surface area contributed by atoms with Gasteiger partial charge < -0.3 is 4.74 Å². The van der Waals surface area contributed by atoms with Crippen molar-refractivity contribution in [3.63, 3.8) is 0 Å². The highest BCUT2D eigenvalue weighted by molar-refractivity contribution is 6.00. The zero-order chi connectivity index (χ0) is 10.6. The van der Waals surface area contributed by atoms with Crippen molar-refractivity contribution in [2.75, 3.05) is 20.4 Å². The number of amides is 2. The van der Waals surface area contributed by atoms with Crippen LogP contribution in [0.5, 0.6) is 0 Å². The third-order valence-electron chi connectivity index (χ3n) is 2.35. The Bertz CT molecular complexity index is 230. The van der Waals surface area contributed by atoms with Gasteiger partial charge in [-0.05, 0) is 13.0 Å². The van der Waals surface area contributed by atoms with Gasteiger partial charge in [0.2, 0.25) is 11.8 Å². The van der Waals surface area contributed by atoms with Crippen LogP contribution in [-0.4, -0.2) is 43.1 Å². The molecule has 5 heteroatoms.